The van der Waals surface area contributed by atoms with Crippen LogP contribution >= 0.6 is 7.60 Å². The van der Waals surface area contributed by atoms with E-state index in [-0.39, 0.29) is 18.6 Å². The summed E-state index contributed by atoms with van der Waals surface area (Å²) in [5.41, 5.74) is 0.248. The van der Waals surface area contributed by atoms with Crippen LogP contribution in [0.25, 0.3) is 0 Å². The van der Waals surface area contributed by atoms with E-state index >= 15 is 0 Å². The zero-order chi connectivity index (χ0) is 13.7. The predicted molar refractivity (Wildman–Crippen MR) is 70.0 cm³/mol. The van der Waals surface area contributed by atoms with Gasteiger partial charge in [-0.25, -0.2) is 4.98 Å². The zero-order valence-electron chi connectivity index (χ0n) is 11.2. The molecule has 1 aliphatic rings. The van der Waals surface area contributed by atoms with Crippen LogP contribution in [0, 0.1) is 0 Å². The molecule has 0 atom stereocenters. The number of oxazole rings is 1. The van der Waals surface area contributed by atoms with Crippen molar-refractivity contribution < 1.29 is 22.8 Å². The second-order valence-corrected chi connectivity index (χ2v) is 5.85. The fourth-order valence-corrected chi connectivity index (χ4v) is 3.52. The summed E-state index contributed by atoms with van der Waals surface area (Å²) in [6.07, 6.45) is 1.27. The average molecular weight is 290 g/mol. The van der Waals surface area contributed by atoms with Crippen LogP contribution in [-0.4, -0.2) is 44.5 Å². The first kappa shape index (κ1) is 14.5. The van der Waals surface area contributed by atoms with Crippen molar-refractivity contribution >= 4 is 18.9 Å². The SMILES string of the molecule is CCOP(=O)(OCC)c1ncoc1N1CCOCC1. The Morgan fingerprint density at radius 2 is 1.95 bits per heavy atom. The summed E-state index contributed by atoms with van der Waals surface area (Å²) in [5.74, 6) is 0.452. The summed E-state index contributed by atoms with van der Waals surface area (Å²) in [6, 6.07) is 0. The highest BCUT2D eigenvalue weighted by Gasteiger charge is 2.36. The molecular weight excluding hydrogens is 271 g/mol. The maximum absolute atomic E-state index is 12.7. The molecule has 0 N–H and O–H groups in total. The lowest BCUT2D eigenvalue weighted by Gasteiger charge is -2.27. The molecule has 1 aliphatic heterocycles. The number of ether oxygens (including phenoxy) is 1. The molecule has 0 radical (unpaired) electrons. The zero-order valence-corrected chi connectivity index (χ0v) is 12.1. The Balaban J connectivity index is 2.27. The number of aromatic nitrogens is 1. The molecule has 7 nitrogen and oxygen atoms in total. The largest absolute Gasteiger partial charge is 0.427 e. The number of hydrogen-bond donors (Lipinski definition) is 0. The molecule has 0 saturated carbocycles. The minimum absolute atomic E-state index is 0.248. The third-order valence-corrected chi connectivity index (χ3v) is 4.71. The van der Waals surface area contributed by atoms with E-state index in [4.69, 9.17) is 18.2 Å². The Labute approximate surface area is 112 Å². The summed E-state index contributed by atoms with van der Waals surface area (Å²) in [6.45, 7) is 6.64. The minimum Gasteiger partial charge on any atom is -0.427 e. The van der Waals surface area contributed by atoms with E-state index in [2.05, 4.69) is 4.98 Å². The lowest BCUT2D eigenvalue weighted by atomic mass is 10.4. The number of morpholine rings is 1. The fraction of sp³-hybridized carbons (Fsp3) is 0.727. The van der Waals surface area contributed by atoms with Gasteiger partial charge < -0.3 is 23.1 Å². The van der Waals surface area contributed by atoms with E-state index in [0.29, 0.717) is 32.2 Å². The van der Waals surface area contributed by atoms with E-state index in [1.165, 1.54) is 6.39 Å². The summed E-state index contributed by atoms with van der Waals surface area (Å²) >= 11 is 0. The van der Waals surface area contributed by atoms with E-state index in [9.17, 15) is 4.57 Å². The molecule has 1 fully saturated rings. The minimum atomic E-state index is -3.42. The standard InChI is InChI=1S/C11H19N2O5P/c1-3-17-19(14,18-4-2)10-11(16-9-12-10)13-5-7-15-8-6-13/h9H,3-8H2,1-2H3. The van der Waals surface area contributed by atoms with Crippen LogP contribution in [0.2, 0.25) is 0 Å². The summed E-state index contributed by atoms with van der Waals surface area (Å²) in [5, 5.41) is 0. The first-order valence-electron chi connectivity index (χ1n) is 6.37. The fourth-order valence-electron chi connectivity index (χ4n) is 1.90. The maximum Gasteiger partial charge on any atom is 0.385 e. The molecule has 1 aromatic rings. The van der Waals surface area contributed by atoms with Crippen LogP contribution < -0.4 is 10.3 Å². The summed E-state index contributed by atoms with van der Waals surface area (Å²) in [7, 11) is -3.42. The van der Waals surface area contributed by atoms with Crippen LogP contribution in [-0.2, 0) is 18.3 Å². The van der Waals surface area contributed by atoms with Crippen molar-refractivity contribution in [2.75, 3.05) is 44.4 Å². The Morgan fingerprint density at radius 3 is 2.53 bits per heavy atom. The average Bonchev–Trinajstić information content (AvgIpc) is 2.90. The van der Waals surface area contributed by atoms with Gasteiger partial charge in [0.05, 0.1) is 26.4 Å². The predicted octanol–water partition coefficient (Wildman–Crippen LogP) is 1.40. The number of nitrogens with zero attached hydrogens (tertiary/aromatic N) is 2. The Kier molecular flexibility index (Phi) is 4.99. The van der Waals surface area contributed by atoms with Crippen LogP contribution in [0.1, 0.15) is 13.8 Å². The molecule has 19 heavy (non-hydrogen) atoms. The monoisotopic (exact) mass is 290 g/mol. The van der Waals surface area contributed by atoms with E-state index in [0.717, 1.165) is 0 Å². The third-order valence-electron chi connectivity index (χ3n) is 2.69. The summed E-state index contributed by atoms with van der Waals surface area (Å²) < 4.78 is 34.0. The van der Waals surface area contributed by atoms with Crippen molar-refractivity contribution in [2.45, 2.75) is 13.8 Å². The highest BCUT2D eigenvalue weighted by atomic mass is 31.2. The van der Waals surface area contributed by atoms with Crippen LogP contribution in [0.15, 0.2) is 10.8 Å². The normalized spacial score (nSPS) is 16.8. The summed E-state index contributed by atoms with van der Waals surface area (Å²) in [4.78, 5) is 5.98. The maximum atomic E-state index is 12.7. The topological polar surface area (TPSA) is 74.0 Å². The molecule has 108 valence electrons. The molecule has 2 rings (SSSR count). The Hall–Kier alpha value is -0.880. The van der Waals surface area contributed by atoms with Crippen LogP contribution in [0.5, 0.6) is 0 Å². The Bertz CT molecular complexity index is 434. The molecule has 0 unspecified atom stereocenters. The van der Waals surface area contributed by atoms with Gasteiger partial charge in [-0.05, 0) is 13.8 Å². The smallest absolute Gasteiger partial charge is 0.385 e. The lowest BCUT2D eigenvalue weighted by molar-refractivity contribution is 0.121. The molecule has 0 spiro atoms. The molecule has 1 saturated heterocycles. The van der Waals surface area contributed by atoms with Crippen molar-refractivity contribution in [1.82, 2.24) is 4.98 Å². The third kappa shape index (κ3) is 3.17. The van der Waals surface area contributed by atoms with E-state index in [1.807, 2.05) is 4.90 Å². The Morgan fingerprint density at radius 1 is 1.32 bits per heavy atom. The lowest BCUT2D eigenvalue weighted by Crippen LogP contribution is -2.38. The van der Waals surface area contributed by atoms with Gasteiger partial charge in [-0.15, -0.1) is 0 Å². The van der Waals surface area contributed by atoms with Crippen molar-refractivity contribution in [1.29, 1.82) is 0 Å². The molecule has 8 heteroatoms. The van der Waals surface area contributed by atoms with Gasteiger partial charge >= 0.3 is 7.60 Å². The van der Waals surface area contributed by atoms with E-state index in [1.54, 1.807) is 13.8 Å². The molecular formula is C11H19N2O5P. The second-order valence-electron chi connectivity index (χ2n) is 3.91. The van der Waals surface area contributed by atoms with Gasteiger partial charge in [0.15, 0.2) is 6.39 Å². The van der Waals surface area contributed by atoms with Gasteiger partial charge in [-0.2, -0.15) is 0 Å². The van der Waals surface area contributed by atoms with Crippen molar-refractivity contribution in [2.24, 2.45) is 0 Å². The van der Waals surface area contributed by atoms with Crippen molar-refractivity contribution in [3.8, 4) is 0 Å². The van der Waals surface area contributed by atoms with Crippen LogP contribution in [0.3, 0.4) is 0 Å². The second kappa shape index (κ2) is 6.52. The molecule has 2 heterocycles. The highest BCUT2D eigenvalue weighted by molar-refractivity contribution is 7.62. The quantitative estimate of drug-likeness (QED) is 0.733. The van der Waals surface area contributed by atoms with E-state index < -0.39 is 7.60 Å². The van der Waals surface area contributed by atoms with Crippen molar-refractivity contribution in [3.63, 3.8) is 0 Å². The molecule has 0 amide bonds. The van der Waals surface area contributed by atoms with Gasteiger partial charge in [0.2, 0.25) is 11.3 Å². The number of rotatable bonds is 6. The van der Waals surface area contributed by atoms with Crippen LogP contribution in [0.4, 0.5) is 5.88 Å². The van der Waals surface area contributed by atoms with Gasteiger partial charge in [0, 0.05) is 13.1 Å². The molecule has 0 aliphatic carbocycles. The van der Waals surface area contributed by atoms with Gasteiger partial charge in [-0.3, -0.25) is 4.57 Å². The number of hydrogen-bond acceptors (Lipinski definition) is 7. The number of anilines is 1. The van der Waals surface area contributed by atoms with Gasteiger partial charge in [0.1, 0.15) is 0 Å². The molecule has 0 aromatic carbocycles. The molecule has 0 bridgehead atoms. The van der Waals surface area contributed by atoms with Gasteiger partial charge in [0.25, 0.3) is 0 Å². The molecule has 1 aromatic heterocycles. The van der Waals surface area contributed by atoms with Gasteiger partial charge in [-0.1, -0.05) is 0 Å². The van der Waals surface area contributed by atoms with Crippen molar-refractivity contribution in [3.05, 3.63) is 6.39 Å². The first-order valence-corrected chi connectivity index (χ1v) is 7.91. The first-order chi connectivity index (χ1) is 9.21. The highest BCUT2D eigenvalue weighted by Crippen LogP contribution is 2.48.